The van der Waals surface area contributed by atoms with E-state index < -0.39 is 0 Å². The zero-order valence-electron chi connectivity index (χ0n) is 23.6. The largest absolute Gasteiger partial charge is 0.451 e. The smallest absolute Gasteiger partial charge is 0.256 e. The standard InChI is InChI=1S/C33H35N5O4/c39-31-24-11-12-26(35-21-23-7-1-2-8-27(23)37-17-19-41-20-18-37)32-30(24)38(28-9-3-4-10-29(28)42-32)22-25(31)33(40)34-13-16-36-14-5-6-15-36/h1-4,7-12,22,35H,5-6,13-21H2,(H,34,40). The molecule has 4 aromatic rings. The summed E-state index contributed by atoms with van der Waals surface area (Å²) in [6, 6.07) is 19.8. The normalized spacial score (nSPS) is 16.2. The maximum atomic E-state index is 13.7. The van der Waals surface area contributed by atoms with Crippen LogP contribution in [-0.4, -0.2) is 67.9 Å². The van der Waals surface area contributed by atoms with Crippen molar-refractivity contribution in [3.8, 4) is 17.2 Å². The van der Waals surface area contributed by atoms with Crippen LogP contribution >= 0.6 is 0 Å². The fraction of sp³-hybridized carbons (Fsp3) is 0.333. The van der Waals surface area contributed by atoms with E-state index in [0.717, 1.165) is 57.3 Å². The van der Waals surface area contributed by atoms with Crippen molar-refractivity contribution in [2.24, 2.45) is 0 Å². The molecular formula is C33H35N5O4. The fourth-order valence-electron chi connectivity index (χ4n) is 6.23. The molecule has 1 amide bonds. The van der Waals surface area contributed by atoms with Gasteiger partial charge < -0.3 is 34.5 Å². The zero-order chi connectivity index (χ0) is 28.5. The fourth-order valence-corrected chi connectivity index (χ4v) is 6.23. The van der Waals surface area contributed by atoms with Crippen LogP contribution in [0.25, 0.3) is 16.6 Å². The number of nitrogens with zero attached hydrogens (tertiary/aromatic N) is 3. The van der Waals surface area contributed by atoms with Crippen LogP contribution in [0.2, 0.25) is 0 Å². The van der Waals surface area contributed by atoms with Crippen molar-refractivity contribution in [3.63, 3.8) is 0 Å². The van der Waals surface area contributed by atoms with Crippen LogP contribution in [0, 0.1) is 0 Å². The second-order valence-corrected chi connectivity index (χ2v) is 11.0. The number of pyridine rings is 1. The molecule has 9 nitrogen and oxygen atoms in total. The minimum absolute atomic E-state index is 0.131. The highest BCUT2D eigenvalue weighted by molar-refractivity contribution is 6.01. The maximum absolute atomic E-state index is 13.7. The van der Waals surface area contributed by atoms with Crippen molar-refractivity contribution in [1.29, 1.82) is 0 Å². The molecule has 3 aliphatic heterocycles. The minimum atomic E-state index is -0.350. The average Bonchev–Trinajstić information content (AvgIpc) is 3.56. The molecular weight excluding hydrogens is 530 g/mol. The van der Waals surface area contributed by atoms with Crippen molar-refractivity contribution in [2.45, 2.75) is 19.4 Å². The number of hydrogen-bond acceptors (Lipinski definition) is 7. The second kappa shape index (κ2) is 11.5. The lowest BCUT2D eigenvalue weighted by Crippen LogP contribution is -2.36. The molecule has 3 aliphatic rings. The Morgan fingerprint density at radius 3 is 2.48 bits per heavy atom. The molecule has 3 aromatic carbocycles. The third-order valence-electron chi connectivity index (χ3n) is 8.43. The van der Waals surface area contributed by atoms with E-state index in [9.17, 15) is 9.59 Å². The Hall–Kier alpha value is -4.34. The van der Waals surface area contributed by atoms with Gasteiger partial charge in [-0.1, -0.05) is 30.3 Å². The van der Waals surface area contributed by atoms with E-state index in [-0.39, 0.29) is 16.9 Å². The number of carbonyl (C=O) groups excluding carboxylic acids is 1. The number of aromatic nitrogens is 1. The molecule has 0 atom stereocenters. The summed E-state index contributed by atoms with van der Waals surface area (Å²) in [5, 5.41) is 7.00. The lowest BCUT2D eigenvalue weighted by atomic mass is 10.1. The molecule has 0 spiro atoms. The van der Waals surface area contributed by atoms with Crippen molar-refractivity contribution < 1.29 is 14.3 Å². The third kappa shape index (κ3) is 4.99. The minimum Gasteiger partial charge on any atom is -0.451 e. The Labute approximate surface area is 244 Å². The number of likely N-dealkylation sites (tertiary alicyclic amines) is 1. The molecule has 0 aliphatic carbocycles. The first-order chi connectivity index (χ1) is 20.7. The van der Waals surface area contributed by atoms with Gasteiger partial charge in [0.2, 0.25) is 5.43 Å². The van der Waals surface area contributed by atoms with Gasteiger partial charge in [-0.15, -0.1) is 0 Å². The molecule has 2 fully saturated rings. The maximum Gasteiger partial charge on any atom is 0.256 e. The highest BCUT2D eigenvalue weighted by Crippen LogP contribution is 2.44. The van der Waals surface area contributed by atoms with Gasteiger partial charge in [0.15, 0.2) is 11.5 Å². The first-order valence-corrected chi connectivity index (χ1v) is 14.8. The number of fused-ring (bicyclic) bond motifs is 2. The number of morpholine rings is 1. The number of nitrogens with one attached hydrogen (secondary N) is 2. The van der Waals surface area contributed by atoms with Crippen molar-refractivity contribution in [1.82, 2.24) is 14.8 Å². The number of carbonyl (C=O) groups is 1. The summed E-state index contributed by atoms with van der Waals surface area (Å²) < 4.78 is 13.9. The molecule has 0 unspecified atom stereocenters. The summed E-state index contributed by atoms with van der Waals surface area (Å²) in [4.78, 5) is 31.6. The van der Waals surface area contributed by atoms with Gasteiger partial charge in [-0.3, -0.25) is 9.59 Å². The number of ether oxygens (including phenoxy) is 2. The Morgan fingerprint density at radius 1 is 0.881 bits per heavy atom. The molecule has 216 valence electrons. The summed E-state index contributed by atoms with van der Waals surface area (Å²) in [6.07, 6.45) is 4.06. The summed E-state index contributed by atoms with van der Waals surface area (Å²) in [5.74, 6) is 0.892. The van der Waals surface area contributed by atoms with Gasteiger partial charge in [0.05, 0.1) is 30.0 Å². The van der Waals surface area contributed by atoms with E-state index in [1.165, 1.54) is 24.1 Å². The van der Waals surface area contributed by atoms with Crippen LogP contribution in [0.1, 0.15) is 28.8 Å². The van der Waals surface area contributed by atoms with E-state index >= 15 is 0 Å². The van der Waals surface area contributed by atoms with E-state index in [1.807, 2.05) is 41.0 Å². The molecule has 9 heteroatoms. The monoisotopic (exact) mass is 565 g/mol. The Bertz CT molecular complexity index is 1690. The highest BCUT2D eigenvalue weighted by atomic mass is 16.5. The van der Waals surface area contributed by atoms with Crippen LogP contribution < -0.4 is 25.7 Å². The van der Waals surface area contributed by atoms with Crippen LogP contribution in [-0.2, 0) is 11.3 Å². The number of benzene rings is 3. The second-order valence-electron chi connectivity index (χ2n) is 11.0. The summed E-state index contributed by atoms with van der Waals surface area (Å²) in [6.45, 7) is 7.17. The van der Waals surface area contributed by atoms with Crippen LogP contribution in [0.3, 0.4) is 0 Å². The SMILES string of the molecule is O=C(NCCN1CCCC1)c1cn2c3c(c(NCc4ccccc4N4CCOCC4)ccc3c1=O)Oc1ccccc1-2. The van der Waals surface area contributed by atoms with E-state index in [0.29, 0.717) is 35.5 Å². The predicted octanol–water partition coefficient (Wildman–Crippen LogP) is 4.37. The molecule has 2 N–H and O–H groups in total. The van der Waals surface area contributed by atoms with E-state index in [4.69, 9.17) is 9.47 Å². The van der Waals surface area contributed by atoms with Crippen LogP contribution in [0.5, 0.6) is 11.5 Å². The average molecular weight is 566 g/mol. The molecule has 0 radical (unpaired) electrons. The van der Waals surface area contributed by atoms with Gasteiger partial charge >= 0.3 is 0 Å². The lowest BCUT2D eigenvalue weighted by molar-refractivity contribution is 0.0948. The molecule has 1 aromatic heterocycles. The molecule has 42 heavy (non-hydrogen) atoms. The number of hydrogen-bond donors (Lipinski definition) is 2. The predicted molar refractivity (Wildman–Crippen MR) is 164 cm³/mol. The van der Waals surface area contributed by atoms with Gasteiger partial charge in [-0.25, -0.2) is 0 Å². The Morgan fingerprint density at radius 2 is 1.64 bits per heavy atom. The van der Waals surface area contributed by atoms with Gasteiger partial charge in [0, 0.05) is 44.6 Å². The topological polar surface area (TPSA) is 88.1 Å². The third-order valence-corrected chi connectivity index (χ3v) is 8.43. The Balaban J connectivity index is 1.22. The van der Waals surface area contributed by atoms with Crippen LogP contribution in [0.4, 0.5) is 11.4 Å². The first kappa shape index (κ1) is 26.6. The summed E-state index contributed by atoms with van der Waals surface area (Å²) in [7, 11) is 0. The van der Waals surface area contributed by atoms with Gasteiger partial charge in [0.25, 0.3) is 5.91 Å². The van der Waals surface area contributed by atoms with E-state index in [2.05, 4.69) is 38.6 Å². The number of anilines is 2. The number of para-hydroxylation sites is 3. The van der Waals surface area contributed by atoms with Gasteiger partial charge in [-0.05, 0) is 61.8 Å². The lowest BCUT2D eigenvalue weighted by Gasteiger charge is -2.31. The molecule has 0 saturated carbocycles. The van der Waals surface area contributed by atoms with Crippen molar-refractivity contribution >= 4 is 28.2 Å². The first-order valence-electron chi connectivity index (χ1n) is 14.8. The molecule has 2 saturated heterocycles. The molecule has 7 rings (SSSR count). The van der Waals surface area contributed by atoms with E-state index in [1.54, 1.807) is 12.3 Å². The Kier molecular flexibility index (Phi) is 7.27. The highest BCUT2D eigenvalue weighted by Gasteiger charge is 2.26. The number of amides is 1. The number of rotatable bonds is 8. The zero-order valence-corrected chi connectivity index (χ0v) is 23.6. The molecule has 0 bridgehead atoms. The quantitative estimate of drug-likeness (QED) is 0.289. The van der Waals surface area contributed by atoms with Crippen molar-refractivity contribution in [2.75, 3.05) is 62.7 Å². The van der Waals surface area contributed by atoms with Gasteiger partial charge in [0.1, 0.15) is 11.1 Å². The van der Waals surface area contributed by atoms with Crippen molar-refractivity contribution in [3.05, 3.63) is 88.2 Å². The summed E-state index contributed by atoms with van der Waals surface area (Å²) >= 11 is 0. The van der Waals surface area contributed by atoms with Gasteiger partial charge in [-0.2, -0.15) is 0 Å². The van der Waals surface area contributed by atoms with Crippen LogP contribution in [0.15, 0.2) is 71.7 Å². The molecule has 4 heterocycles. The summed E-state index contributed by atoms with van der Waals surface area (Å²) in [5.41, 5.74) is 4.41.